The lowest BCUT2D eigenvalue weighted by molar-refractivity contribution is 0.0894. The lowest BCUT2D eigenvalue weighted by atomic mass is 10.1. The van der Waals surface area contributed by atoms with Crippen LogP contribution in [-0.2, 0) is 6.42 Å². The molecule has 1 amide bonds. The van der Waals surface area contributed by atoms with Gasteiger partial charge in [-0.15, -0.1) is 0 Å². The summed E-state index contributed by atoms with van der Waals surface area (Å²) in [7, 11) is 0. The van der Waals surface area contributed by atoms with Crippen molar-refractivity contribution in [3.8, 4) is 0 Å². The Bertz CT molecular complexity index is 579. The average Bonchev–Trinajstić information content (AvgIpc) is 2.75. The van der Waals surface area contributed by atoms with Gasteiger partial charge in [0, 0.05) is 5.56 Å². The predicted molar refractivity (Wildman–Crippen MR) is 129 cm³/mol. The van der Waals surface area contributed by atoms with E-state index in [-0.39, 0.29) is 11.9 Å². The molecule has 3 nitrogen and oxygen atoms in total. The van der Waals surface area contributed by atoms with Crippen LogP contribution in [0.4, 0.5) is 0 Å². The summed E-state index contributed by atoms with van der Waals surface area (Å²) >= 11 is 0. The molecule has 0 radical (unpaired) electrons. The van der Waals surface area contributed by atoms with Gasteiger partial charge in [-0.25, -0.2) is 0 Å². The first-order valence-corrected chi connectivity index (χ1v) is 12.3. The molecule has 0 heterocycles. The number of unbranched alkanes of at least 4 members (excludes halogenated alkanes) is 10. The highest BCUT2D eigenvalue weighted by Gasteiger charge is 2.15. The molecule has 0 saturated heterocycles. The molecule has 1 rings (SSSR count). The van der Waals surface area contributed by atoms with Crippen LogP contribution in [-0.4, -0.2) is 23.2 Å². The molecule has 1 aromatic carbocycles. The van der Waals surface area contributed by atoms with E-state index in [2.05, 4.69) is 25.2 Å². The molecular weight excluding hydrogens is 370 g/mol. The maximum absolute atomic E-state index is 12.4. The number of hydrogen-bond donors (Lipinski definition) is 2. The molecule has 30 heavy (non-hydrogen) atoms. The Labute approximate surface area is 185 Å². The summed E-state index contributed by atoms with van der Waals surface area (Å²) in [6, 6.07) is 7.43. The van der Waals surface area contributed by atoms with Crippen LogP contribution in [0.3, 0.4) is 0 Å². The zero-order valence-electron chi connectivity index (χ0n) is 19.7. The molecule has 0 saturated carbocycles. The summed E-state index contributed by atoms with van der Waals surface area (Å²) in [5.41, 5.74) is 1.89. The summed E-state index contributed by atoms with van der Waals surface area (Å²) in [6.07, 6.45) is 19.7. The summed E-state index contributed by atoms with van der Waals surface area (Å²) < 4.78 is 0. The fourth-order valence-electron chi connectivity index (χ4n) is 3.64. The molecule has 2 N–H and O–H groups in total. The van der Waals surface area contributed by atoms with Gasteiger partial charge in [0.15, 0.2) is 0 Å². The van der Waals surface area contributed by atoms with Crippen molar-refractivity contribution >= 4 is 5.91 Å². The van der Waals surface area contributed by atoms with Crippen molar-refractivity contribution < 1.29 is 9.90 Å². The van der Waals surface area contributed by atoms with E-state index in [0.717, 1.165) is 19.3 Å². The fraction of sp³-hybridized carbons (Fsp3) is 0.667. The average molecular weight is 416 g/mol. The fourth-order valence-corrected chi connectivity index (χ4v) is 3.64. The second kappa shape index (κ2) is 17.1. The lowest BCUT2D eigenvalue weighted by Gasteiger charge is -2.17. The SMILES string of the molecule is CCCCCCCCCCCC/C=C/[C@@H](O)[C@@H](C)NC(=O)c1ccc(CCC)cc1. The van der Waals surface area contributed by atoms with Gasteiger partial charge in [-0.05, 0) is 43.9 Å². The lowest BCUT2D eigenvalue weighted by Crippen LogP contribution is -2.40. The molecule has 0 aliphatic rings. The van der Waals surface area contributed by atoms with Crippen molar-refractivity contribution in [2.45, 2.75) is 116 Å². The highest BCUT2D eigenvalue weighted by atomic mass is 16.3. The number of benzene rings is 1. The number of aliphatic hydroxyl groups excluding tert-OH is 1. The van der Waals surface area contributed by atoms with Crippen LogP contribution in [0.1, 0.15) is 114 Å². The molecule has 0 aliphatic heterocycles. The quantitative estimate of drug-likeness (QED) is 0.213. The Kier molecular flexibility index (Phi) is 15.1. The summed E-state index contributed by atoms with van der Waals surface area (Å²) in [5.74, 6) is -0.132. The van der Waals surface area contributed by atoms with Crippen molar-refractivity contribution in [1.29, 1.82) is 0 Å². The van der Waals surface area contributed by atoms with Crippen molar-refractivity contribution in [2.75, 3.05) is 0 Å². The number of hydrogen-bond acceptors (Lipinski definition) is 2. The van der Waals surface area contributed by atoms with E-state index < -0.39 is 6.10 Å². The van der Waals surface area contributed by atoms with Crippen molar-refractivity contribution in [3.63, 3.8) is 0 Å². The monoisotopic (exact) mass is 415 g/mol. The van der Waals surface area contributed by atoms with Gasteiger partial charge in [-0.3, -0.25) is 4.79 Å². The summed E-state index contributed by atoms with van der Waals surface area (Å²) in [6.45, 7) is 6.25. The number of carbonyl (C=O) groups excluding carboxylic acids is 1. The van der Waals surface area contributed by atoms with Gasteiger partial charge in [-0.2, -0.15) is 0 Å². The first-order valence-electron chi connectivity index (χ1n) is 12.3. The van der Waals surface area contributed by atoms with E-state index in [1.165, 1.54) is 69.8 Å². The van der Waals surface area contributed by atoms with E-state index in [0.29, 0.717) is 5.56 Å². The molecule has 2 atom stereocenters. The molecule has 0 spiro atoms. The highest BCUT2D eigenvalue weighted by molar-refractivity contribution is 5.94. The third-order valence-corrected chi connectivity index (χ3v) is 5.68. The number of allylic oxidation sites excluding steroid dienone is 1. The minimum absolute atomic E-state index is 0.132. The number of aliphatic hydroxyl groups is 1. The Hall–Kier alpha value is -1.61. The molecular formula is C27H45NO2. The standard InChI is InChI=1S/C27H45NO2/c1-4-6-7-8-9-10-11-12-13-14-15-16-18-26(29)23(3)28-27(30)25-21-19-24(17-5-2)20-22-25/h16,18-23,26,29H,4-15,17H2,1-3H3,(H,28,30)/b18-16+/t23-,26-/m1/s1. The van der Waals surface area contributed by atoms with Crippen LogP contribution in [0, 0.1) is 0 Å². The topological polar surface area (TPSA) is 49.3 Å². The predicted octanol–water partition coefficient (Wildman–Crippen LogP) is 6.99. The minimum Gasteiger partial charge on any atom is -0.387 e. The van der Waals surface area contributed by atoms with Crippen LogP contribution in [0.15, 0.2) is 36.4 Å². The maximum atomic E-state index is 12.4. The van der Waals surface area contributed by atoms with E-state index in [4.69, 9.17) is 0 Å². The molecule has 170 valence electrons. The summed E-state index contributed by atoms with van der Waals surface area (Å²) in [5, 5.41) is 13.2. The second-order valence-electron chi connectivity index (χ2n) is 8.60. The molecule has 0 aromatic heterocycles. The summed E-state index contributed by atoms with van der Waals surface area (Å²) in [4.78, 5) is 12.4. The van der Waals surface area contributed by atoms with Crippen LogP contribution in [0.5, 0.6) is 0 Å². The van der Waals surface area contributed by atoms with Crippen LogP contribution >= 0.6 is 0 Å². The van der Waals surface area contributed by atoms with Gasteiger partial charge in [0.1, 0.15) is 0 Å². The Morgan fingerprint density at radius 3 is 2.03 bits per heavy atom. The maximum Gasteiger partial charge on any atom is 0.251 e. The van der Waals surface area contributed by atoms with Crippen LogP contribution in [0.25, 0.3) is 0 Å². The van der Waals surface area contributed by atoms with Crippen molar-refractivity contribution in [2.24, 2.45) is 0 Å². The van der Waals surface area contributed by atoms with Crippen LogP contribution in [0.2, 0.25) is 0 Å². The third kappa shape index (κ3) is 12.2. The number of aryl methyl sites for hydroxylation is 1. The van der Waals surface area contributed by atoms with Gasteiger partial charge >= 0.3 is 0 Å². The smallest absolute Gasteiger partial charge is 0.251 e. The van der Waals surface area contributed by atoms with E-state index in [1.54, 1.807) is 0 Å². The highest BCUT2D eigenvalue weighted by Crippen LogP contribution is 2.12. The molecule has 0 aliphatic carbocycles. The van der Waals surface area contributed by atoms with Crippen molar-refractivity contribution in [3.05, 3.63) is 47.5 Å². The van der Waals surface area contributed by atoms with E-state index in [1.807, 2.05) is 37.3 Å². The zero-order chi connectivity index (χ0) is 22.0. The molecule has 3 heteroatoms. The van der Waals surface area contributed by atoms with E-state index >= 15 is 0 Å². The van der Waals surface area contributed by atoms with E-state index in [9.17, 15) is 9.90 Å². The van der Waals surface area contributed by atoms with Gasteiger partial charge in [0.2, 0.25) is 0 Å². The number of rotatable bonds is 17. The zero-order valence-corrected chi connectivity index (χ0v) is 19.7. The van der Waals surface area contributed by atoms with Gasteiger partial charge < -0.3 is 10.4 Å². The Balaban J connectivity index is 2.14. The normalized spacial score (nSPS) is 13.5. The van der Waals surface area contributed by atoms with Gasteiger partial charge in [0.25, 0.3) is 5.91 Å². The van der Waals surface area contributed by atoms with Crippen molar-refractivity contribution in [1.82, 2.24) is 5.32 Å². The first-order chi connectivity index (χ1) is 14.6. The molecule has 0 bridgehead atoms. The third-order valence-electron chi connectivity index (χ3n) is 5.68. The van der Waals surface area contributed by atoms with Gasteiger partial charge in [0.05, 0.1) is 12.1 Å². The van der Waals surface area contributed by atoms with Crippen LogP contribution < -0.4 is 5.32 Å². The molecule has 1 aromatic rings. The minimum atomic E-state index is -0.656. The van der Waals surface area contributed by atoms with Gasteiger partial charge in [-0.1, -0.05) is 102 Å². The second-order valence-corrected chi connectivity index (χ2v) is 8.60. The number of carbonyl (C=O) groups is 1. The molecule has 0 unspecified atom stereocenters. The first kappa shape index (κ1) is 26.4. The Morgan fingerprint density at radius 2 is 1.47 bits per heavy atom. The number of nitrogens with one attached hydrogen (secondary N) is 1. The Morgan fingerprint density at radius 1 is 0.900 bits per heavy atom. The largest absolute Gasteiger partial charge is 0.387 e. The number of amides is 1. The molecule has 0 fully saturated rings.